The van der Waals surface area contributed by atoms with Gasteiger partial charge in [0.25, 0.3) is 0 Å². The monoisotopic (exact) mass is 821 g/mol. The SMILES string of the molecule is C=C/C=C\C1=C(C)c2ccccc2C12c1ccccc1-c1cccc(-c3cccc(-c4nc(-c5ccccc5)nc(-c5cccc(-c6cccc7c6sc6ccccc67)c5)n4)c3)c12. The molecule has 0 N–H and O–H groups in total. The number of allylic oxidation sites excluding steroid dienone is 5. The second-order valence-corrected chi connectivity index (χ2v) is 17.4. The smallest absolute Gasteiger partial charge is 0.164 e. The third-order valence-electron chi connectivity index (χ3n) is 12.9. The van der Waals surface area contributed by atoms with Gasteiger partial charge in [-0.15, -0.1) is 11.3 Å². The third kappa shape index (κ3) is 5.69. The van der Waals surface area contributed by atoms with Crippen molar-refractivity contribution in [3.63, 3.8) is 0 Å². The molecule has 296 valence electrons. The quantitative estimate of drug-likeness (QED) is 0.150. The highest BCUT2D eigenvalue weighted by atomic mass is 32.1. The van der Waals surface area contributed by atoms with Gasteiger partial charge in [0.05, 0.1) is 5.41 Å². The minimum Gasteiger partial charge on any atom is -0.208 e. The Morgan fingerprint density at radius 3 is 1.71 bits per heavy atom. The molecule has 3 nitrogen and oxygen atoms in total. The molecule has 4 heteroatoms. The van der Waals surface area contributed by atoms with Gasteiger partial charge < -0.3 is 0 Å². The van der Waals surface area contributed by atoms with Crippen molar-refractivity contribution < 1.29 is 0 Å². The molecule has 0 saturated heterocycles. The predicted molar refractivity (Wildman–Crippen MR) is 264 cm³/mol. The zero-order valence-corrected chi connectivity index (χ0v) is 35.4. The number of benzene rings is 8. The standard InChI is InChI=1S/C59H39N3S/c1-3-4-31-50-37(2)43-24-8-11-32-51(43)59(50)52-33-12-9-25-46(52)48-29-16-27-44(54(48)59)39-20-14-22-41(35-39)57-60-56(38-18-6-5-7-19-38)61-58(62-57)42-23-15-21-40(36-42)45-28-17-30-49-47-26-10-13-34-53(47)63-55(45)49/h3-36H,1H2,2H3/b31-4-. The highest BCUT2D eigenvalue weighted by Crippen LogP contribution is 2.64. The molecule has 10 aromatic rings. The molecule has 63 heavy (non-hydrogen) atoms. The lowest BCUT2D eigenvalue weighted by Crippen LogP contribution is -2.27. The normalized spacial score (nSPS) is 15.1. The van der Waals surface area contributed by atoms with Gasteiger partial charge in [-0.2, -0.15) is 0 Å². The molecular formula is C59H39N3S. The van der Waals surface area contributed by atoms with E-state index in [4.69, 9.17) is 15.0 Å². The van der Waals surface area contributed by atoms with Gasteiger partial charge in [0.2, 0.25) is 0 Å². The average molecular weight is 822 g/mol. The van der Waals surface area contributed by atoms with Crippen LogP contribution in [0.2, 0.25) is 0 Å². The van der Waals surface area contributed by atoms with Crippen LogP contribution in [-0.2, 0) is 5.41 Å². The molecule has 0 amide bonds. The van der Waals surface area contributed by atoms with E-state index in [9.17, 15) is 0 Å². The molecule has 2 heterocycles. The third-order valence-corrected chi connectivity index (χ3v) is 14.2. The van der Waals surface area contributed by atoms with Gasteiger partial charge in [-0.25, -0.2) is 15.0 Å². The van der Waals surface area contributed by atoms with Crippen LogP contribution in [0.5, 0.6) is 0 Å². The summed E-state index contributed by atoms with van der Waals surface area (Å²) in [5.74, 6) is 1.89. The summed E-state index contributed by atoms with van der Waals surface area (Å²) >= 11 is 1.84. The van der Waals surface area contributed by atoms with Crippen molar-refractivity contribution in [2.24, 2.45) is 0 Å². The number of hydrogen-bond acceptors (Lipinski definition) is 4. The van der Waals surface area contributed by atoms with Crippen molar-refractivity contribution in [2.45, 2.75) is 12.3 Å². The van der Waals surface area contributed by atoms with Crippen LogP contribution in [0.4, 0.5) is 0 Å². The first-order chi connectivity index (χ1) is 31.1. The molecule has 0 saturated carbocycles. The van der Waals surface area contributed by atoms with Gasteiger partial charge in [-0.3, -0.25) is 0 Å². The first-order valence-corrected chi connectivity index (χ1v) is 22.2. The van der Waals surface area contributed by atoms with Gasteiger partial charge in [0.15, 0.2) is 17.5 Å². The zero-order chi connectivity index (χ0) is 42.1. The Morgan fingerprint density at radius 1 is 0.460 bits per heavy atom. The summed E-state index contributed by atoms with van der Waals surface area (Å²) in [4.78, 5) is 15.6. The molecule has 0 radical (unpaired) electrons. The van der Waals surface area contributed by atoms with E-state index in [2.05, 4.69) is 196 Å². The van der Waals surface area contributed by atoms with E-state index in [1.165, 1.54) is 75.8 Å². The van der Waals surface area contributed by atoms with Gasteiger partial charge in [0.1, 0.15) is 0 Å². The molecule has 1 spiro atoms. The predicted octanol–water partition coefficient (Wildman–Crippen LogP) is 15.4. The Morgan fingerprint density at radius 2 is 0.968 bits per heavy atom. The Balaban J connectivity index is 1.03. The molecule has 2 aromatic heterocycles. The maximum absolute atomic E-state index is 5.28. The molecule has 8 aromatic carbocycles. The second kappa shape index (κ2) is 14.7. The van der Waals surface area contributed by atoms with E-state index in [0.29, 0.717) is 17.5 Å². The average Bonchev–Trinajstić information content (AvgIpc) is 3.97. The van der Waals surface area contributed by atoms with Crippen LogP contribution in [0.25, 0.3) is 93.3 Å². The molecule has 0 bridgehead atoms. The van der Waals surface area contributed by atoms with Crippen LogP contribution in [-0.4, -0.2) is 15.0 Å². The lowest BCUT2D eigenvalue weighted by molar-refractivity contribution is 0.788. The Hall–Kier alpha value is -7.79. The maximum Gasteiger partial charge on any atom is 0.164 e. The van der Waals surface area contributed by atoms with E-state index in [1.54, 1.807) is 0 Å². The maximum atomic E-state index is 5.28. The van der Waals surface area contributed by atoms with Crippen LogP contribution in [0.1, 0.15) is 29.2 Å². The summed E-state index contributed by atoms with van der Waals surface area (Å²) in [7, 11) is 0. The molecule has 2 aliphatic carbocycles. The number of thiophene rings is 1. The van der Waals surface area contributed by atoms with Crippen LogP contribution in [0, 0.1) is 0 Å². The second-order valence-electron chi connectivity index (χ2n) is 16.3. The summed E-state index contributed by atoms with van der Waals surface area (Å²) < 4.78 is 2.57. The largest absolute Gasteiger partial charge is 0.208 e. The lowest BCUT2D eigenvalue weighted by atomic mass is 9.67. The van der Waals surface area contributed by atoms with Crippen molar-refractivity contribution in [3.05, 3.63) is 241 Å². The van der Waals surface area contributed by atoms with Crippen LogP contribution >= 0.6 is 11.3 Å². The molecule has 0 aliphatic heterocycles. The van der Waals surface area contributed by atoms with Crippen molar-refractivity contribution in [3.8, 4) is 67.5 Å². The van der Waals surface area contributed by atoms with Crippen LogP contribution in [0.3, 0.4) is 0 Å². The number of rotatable bonds is 7. The van der Waals surface area contributed by atoms with Crippen LogP contribution < -0.4 is 0 Å². The van der Waals surface area contributed by atoms with Gasteiger partial charge in [-0.05, 0) is 91.9 Å². The number of fused-ring (bicyclic) bond motifs is 10. The summed E-state index contributed by atoms with van der Waals surface area (Å²) in [6, 6.07) is 67.5. The van der Waals surface area contributed by atoms with E-state index >= 15 is 0 Å². The summed E-state index contributed by atoms with van der Waals surface area (Å²) in [6.45, 7) is 6.33. The van der Waals surface area contributed by atoms with Gasteiger partial charge in [-0.1, -0.05) is 195 Å². The number of aromatic nitrogens is 3. The number of hydrogen-bond donors (Lipinski definition) is 0. The number of nitrogens with zero attached hydrogens (tertiary/aromatic N) is 3. The molecule has 1 atom stereocenters. The van der Waals surface area contributed by atoms with Gasteiger partial charge >= 0.3 is 0 Å². The van der Waals surface area contributed by atoms with Crippen molar-refractivity contribution in [2.75, 3.05) is 0 Å². The van der Waals surface area contributed by atoms with E-state index < -0.39 is 5.41 Å². The van der Waals surface area contributed by atoms with E-state index in [-0.39, 0.29) is 0 Å². The molecule has 0 fully saturated rings. The lowest BCUT2D eigenvalue weighted by Gasteiger charge is -2.33. The van der Waals surface area contributed by atoms with E-state index in [1.807, 2.05) is 35.6 Å². The Kier molecular flexibility index (Phi) is 8.63. The minimum absolute atomic E-state index is 0.509. The Bertz CT molecular complexity index is 3560. The minimum atomic E-state index is -0.509. The van der Waals surface area contributed by atoms with Crippen molar-refractivity contribution in [1.82, 2.24) is 15.0 Å². The Labute approximate surface area is 370 Å². The van der Waals surface area contributed by atoms with Gasteiger partial charge in [0, 0.05) is 36.9 Å². The summed E-state index contributed by atoms with van der Waals surface area (Å²) in [5, 5.41) is 2.57. The molecular weight excluding hydrogens is 783 g/mol. The van der Waals surface area contributed by atoms with E-state index in [0.717, 1.165) is 27.8 Å². The highest BCUT2D eigenvalue weighted by molar-refractivity contribution is 7.26. The fourth-order valence-corrected chi connectivity index (χ4v) is 11.5. The highest BCUT2D eigenvalue weighted by Gasteiger charge is 2.52. The zero-order valence-electron chi connectivity index (χ0n) is 34.6. The van der Waals surface area contributed by atoms with Crippen LogP contribution in [0.15, 0.2) is 218 Å². The van der Waals surface area contributed by atoms with Crippen molar-refractivity contribution >= 4 is 37.1 Å². The molecule has 2 aliphatic rings. The fraction of sp³-hybridized carbons (Fsp3) is 0.0339. The fourth-order valence-electron chi connectivity index (χ4n) is 10.3. The van der Waals surface area contributed by atoms with Crippen molar-refractivity contribution in [1.29, 1.82) is 0 Å². The molecule has 12 rings (SSSR count). The molecule has 1 unspecified atom stereocenters. The topological polar surface area (TPSA) is 38.7 Å². The summed E-state index contributed by atoms with van der Waals surface area (Å²) in [6.07, 6.45) is 6.23. The first kappa shape index (κ1) is 37.0. The first-order valence-electron chi connectivity index (χ1n) is 21.4. The summed E-state index contributed by atoms with van der Waals surface area (Å²) in [5.41, 5.74) is 17.2.